The van der Waals surface area contributed by atoms with E-state index in [9.17, 15) is 0 Å². The molecule has 0 aliphatic rings. The van der Waals surface area contributed by atoms with Crippen molar-refractivity contribution in [1.82, 2.24) is 9.13 Å². The third-order valence-corrected chi connectivity index (χ3v) is 11.1. The zero-order valence-electron chi connectivity index (χ0n) is 30.0. The molecule has 55 heavy (non-hydrogen) atoms. The summed E-state index contributed by atoms with van der Waals surface area (Å²) in [6.07, 6.45) is 0. The van der Waals surface area contributed by atoms with Crippen molar-refractivity contribution in [2.45, 2.75) is 0 Å². The van der Waals surface area contributed by atoms with Gasteiger partial charge in [0.1, 0.15) is 0 Å². The highest BCUT2D eigenvalue weighted by atomic mass is 15.1. The highest BCUT2D eigenvalue weighted by molar-refractivity contribution is 6.17. The van der Waals surface area contributed by atoms with Gasteiger partial charge in [-0.05, 0) is 107 Å². The zero-order chi connectivity index (χ0) is 36.3. The van der Waals surface area contributed by atoms with Gasteiger partial charge in [-0.15, -0.1) is 0 Å². The molecule has 3 nitrogen and oxygen atoms in total. The molecule has 0 saturated carbocycles. The predicted molar refractivity (Wildman–Crippen MR) is 233 cm³/mol. The summed E-state index contributed by atoms with van der Waals surface area (Å²) in [6.45, 7) is 0. The van der Waals surface area contributed by atoms with Crippen LogP contribution >= 0.6 is 0 Å². The molecule has 11 aromatic rings. The SMILES string of the molecule is c1ccc(N(c2ccc(-n3c4ccccc4c4c(-c5ccc6c7ccccc7n(-c7ccccc7)c6c5)cccc43)cc2)c2ccc3ccccc3c2)cc1. The van der Waals surface area contributed by atoms with Gasteiger partial charge in [-0.1, -0.05) is 127 Å². The zero-order valence-corrected chi connectivity index (χ0v) is 30.0. The summed E-state index contributed by atoms with van der Waals surface area (Å²) in [5.41, 5.74) is 12.9. The molecule has 0 unspecified atom stereocenters. The molecule has 3 heteroatoms. The molecule has 0 radical (unpaired) electrons. The Morgan fingerprint density at radius 3 is 1.67 bits per heavy atom. The first-order chi connectivity index (χ1) is 27.3. The molecule has 0 amide bonds. The van der Waals surface area contributed by atoms with Crippen LogP contribution in [0.25, 0.3) is 76.9 Å². The highest BCUT2D eigenvalue weighted by Crippen LogP contribution is 2.42. The topological polar surface area (TPSA) is 13.1 Å². The quantitative estimate of drug-likeness (QED) is 0.168. The maximum atomic E-state index is 2.42. The van der Waals surface area contributed by atoms with E-state index in [-0.39, 0.29) is 0 Å². The number of hydrogen-bond donors (Lipinski definition) is 0. The second-order valence-corrected chi connectivity index (χ2v) is 14.2. The Morgan fingerprint density at radius 1 is 0.309 bits per heavy atom. The normalized spacial score (nSPS) is 11.6. The molecule has 9 aromatic carbocycles. The number of nitrogens with zero attached hydrogens (tertiary/aromatic N) is 3. The predicted octanol–water partition coefficient (Wildman–Crippen LogP) is 14.2. The van der Waals surface area contributed by atoms with Gasteiger partial charge >= 0.3 is 0 Å². The molecule has 2 heterocycles. The summed E-state index contributed by atoms with van der Waals surface area (Å²) in [5, 5.41) is 7.47. The van der Waals surface area contributed by atoms with Crippen molar-refractivity contribution >= 4 is 71.4 Å². The number of aromatic nitrogens is 2. The van der Waals surface area contributed by atoms with Crippen molar-refractivity contribution in [1.29, 1.82) is 0 Å². The average Bonchev–Trinajstić information content (AvgIpc) is 3.77. The van der Waals surface area contributed by atoms with Gasteiger partial charge in [-0.25, -0.2) is 0 Å². The van der Waals surface area contributed by atoms with Gasteiger partial charge < -0.3 is 14.0 Å². The van der Waals surface area contributed by atoms with Crippen molar-refractivity contribution in [3.05, 3.63) is 212 Å². The van der Waals surface area contributed by atoms with Gasteiger partial charge in [0.2, 0.25) is 0 Å². The summed E-state index contributed by atoms with van der Waals surface area (Å²) in [4.78, 5) is 2.34. The number of anilines is 3. The first-order valence-electron chi connectivity index (χ1n) is 18.9. The lowest BCUT2D eigenvalue weighted by atomic mass is 9.98. The maximum absolute atomic E-state index is 2.42. The van der Waals surface area contributed by atoms with Crippen LogP contribution in [-0.4, -0.2) is 9.13 Å². The maximum Gasteiger partial charge on any atom is 0.0547 e. The fraction of sp³-hybridized carbons (Fsp3) is 0. The van der Waals surface area contributed by atoms with Crippen LogP contribution in [0.5, 0.6) is 0 Å². The molecule has 0 bridgehead atoms. The van der Waals surface area contributed by atoms with E-state index >= 15 is 0 Å². The molecule has 0 spiro atoms. The van der Waals surface area contributed by atoms with Crippen LogP contribution in [-0.2, 0) is 0 Å². The van der Waals surface area contributed by atoms with Gasteiger partial charge in [0, 0.05) is 50.0 Å². The molecule has 0 aliphatic heterocycles. The minimum Gasteiger partial charge on any atom is -0.310 e. The third kappa shape index (κ3) is 5.05. The van der Waals surface area contributed by atoms with Crippen LogP contribution in [0.3, 0.4) is 0 Å². The van der Waals surface area contributed by atoms with Crippen LogP contribution in [0.15, 0.2) is 212 Å². The Bertz CT molecular complexity index is 3190. The molecule has 258 valence electrons. The Balaban J connectivity index is 1.07. The van der Waals surface area contributed by atoms with Crippen molar-refractivity contribution < 1.29 is 0 Å². The van der Waals surface area contributed by atoms with E-state index in [0.29, 0.717) is 0 Å². The molecule has 2 aromatic heterocycles. The lowest BCUT2D eigenvalue weighted by Crippen LogP contribution is -2.10. The Kier molecular flexibility index (Phi) is 7.17. The molecule has 11 rings (SSSR count). The van der Waals surface area contributed by atoms with E-state index in [1.807, 2.05) is 0 Å². The second-order valence-electron chi connectivity index (χ2n) is 14.2. The van der Waals surface area contributed by atoms with Gasteiger partial charge in [0.05, 0.1) is 22.1 Å². The van der Waals surface area contributed by atoms with Crippen molar-refractivity contribution in [2.24, 2.45) is 0 Å². The highest BCUT2D eigenvalue weighted by Gasteiger charge is 2.19. The standard InChI is InChI=1S/C52H35N3/c1-3-16-39(17-4-1)53(43-28-26-36-14-7-8-15-37(36)34-43)41-29-31-42(32-30-41)54-49-24-12-10-21-47(49)52-44(22-13-25-50(52)54)38-27-33-46-45-20-9-11-23-48(45)55(51(46)35-38)40-18-5-2-6-19-40/h1-35H. The van der Waals surface area contributed by atoms with Gasteiger partial charge in [0.25, 0.3) is 0 Å². The van der Waals surface area contributed by atoms with Crippen LogP contribution in [0, 0.1) is 0 Å². The van der Waals surface area contributed by atoms with E-state index in [2.05, 4.69) is 226 Å². The molecule has 0 fully saturated rings. The van der Waals surface area contributed by atoms with E-state index in [0.717, 1.165) is 28.4 Å². The molecule has 0 aliphatic carbocycles. The fourth-order valence-electron chi connectivity index (χ4n) is 8.62. The number of benzene rings is 9. The van der Waals surface area contributed by atoms with Gasteiger partial charge in [-0.2, -0.15) is 0 Å². The minimum atomic E-state index is 1.11. The minimum absolute atomic E-state index is 1.11. The van der Waals surface area contributed by atoms with Crippen LogP contribution in [0.2, 0.25) is 0 Å². The summed E-state index contributed by atoms with van der Waals surface area (Å²) in [6, 6.07) is 76.9. The number of hydrogen-bond acceptors (Lipinski definition) is 1. The monoisotopic (exact) mass is 701 g/mol. The van der Waals surface area contributed by atoms with E-state index in [1.165, 1.54) is 65.5 Å². The van der Waals surface area contributed by atoms with Crippen molar-refractivity contribution in [3.63, 3.8) is 0 Å². The smallest absolute Gasteiger partial charge is 0.0547 e. The molecular formula is C52H35N3. The van der Waals surface area contributed by atoms with Crippen molar-refractivity contribution in [2.75, 3.05) is 4.90 Å². The molecule has 0 N–H and O–H groups in total. The fourth-order valence-corrected chi connectivity index (χ4v) is 8.62. The Morgan fingerprint density at radius 2 is 0.873 bits per heavy atom. The first-order valence-corrected chi connectivity index (χ1v) is 18.9. The summed E-state index contributed by atoms with van der Waals surface area (Å²) < 4.78 is 4.82. The average molecular weight is 702 g/mol. The Labute approximate surface area is 319 Å². The van der Waals surface area contributed by atoms with E-state index < -0.39 is 0 Å². The van der Waals surface area contributed by atoms with Gasteiger partial charge in [-0.3, -0.25) is 0 Å². The Hall–Kier alpha value is -7.36. The lowest BCUT2D eigenvalue weighted by molar-refractivity contribution is 1.17. The van der Waals surface area contributed by atoms with Gasteiger partial charge in [0.15, 0.2) is 0 Å². The summed E-state index contributed by atoms with van der Waals surface area (Å²) in [5.74, 6) is 0. The van der Waals surface area contributed by atoms with Crippen molar-refractivity contribution in [3.8, 4) is 22.5 Å². The van der Waals surface area contributed by atoms with E-state index in [1.54, 1.807) is 0 Å². The second kappa shape index (κ2) is 12.6. The molecule has 0 atom stereocenters. The van der Waals surface area contributed by atoms with Crippen LogP contribution in [0.1, 0.15) is 0 Å². The number of para-hydroxylation sites is 4. The lowest BCUT2D eigenvalue weighted by Gasteiger charge is -2.26. The summed E-state index contributed by atoms with van der Waals surface area (Å²) in [7, 11) is 0. The molecular weight excluding hydrogens is 667 g/mol. The number of rotatable bonds is 6. The largest absolute Gasteiger partial charge is 0.310 e. The molecule has 0 saturated heterocycles. The van der Waals surface area contributed by atoms with E-state index in [4.69, 9.17) is 0 Å². The summed E-state index contributed by atoms with van der Waals surface area (Å²) >= 11 is 0. The van der Waals surface area contributed by atoms with Crippen LogP contribution in [0.4, 0.5) is 17.1 Å². The van der Waals surface area contributed by atoms with Crippen LogP contribution < -0.4 is 4.90 Å². The first kappa shape index (κ1) is 31.2. The third-order valence-electron chi connectivity index (χ3n) is 11.1. The number of fused-ring (bicyclic) bond motifs is 7.